The lowest BCUT2D eigenvalue weighted by molar-refractivity contribution is 0.184. The number of rotatable bonds is 3. The maximum absolute atomic E-state index is 14.1. The fraction of sp³-hybridized carbons (Fsp3) is 0.538. The highest BCUT2D eigenvalue weighted by Crippen LogP contribution is 2.27. The third kappa shape index (κ3) is 3.06. The van der Waals surface area contributed by atoms with E-state index in [-0.39, 0.29) is 22.4 Å². The van der Waals surface area contributed by atoms with Crippen LogP contribution in [0.4, 0.5) is 13.2 Å². The fourth-order valence-electron chi connectivity index (χ4n) is 2.32. The Kier molecular flexibility index (Phi) is 4.67. The second-order valence-electron chi connectivity index (χ2n) is 4.63. The van der Waals surface area contributed by atoms with E-state index in [2.05, 4.69) is 21.2 Å². The van der Waals surface area contributed by atoms with E-state index in [1.54, 1.807) is 0 Å². The van der Waals surface area contributed by atoms with Crippen LogP contribution < -0.4 is 5.32 Å². The molecule has 1 unspecified atom stereocenters. The van der Waals surface area contributed by atoms with Gasteiger partial charge in [0.2, 0.25) is 0 Å². The molecule has 1 aliphatic heterocycles. The molecule has 0 radical (unpaired) electrons. The van der Waals surface area contributed by atoms with Crippen molar-refractivity contribution in [3.63, 3.8) is 0 Å². The van der Waals surface area contributed by atoms with E-state index in [9.17, 15) is 13.2 Å². The van der Waals surface area contributed by atoms with Crippen molar-refractivity contribution in [2.24, 2.45) is 5.92 Å². The van der Waals surface area contributed by atoms with Gasteiger partial charge in [0.1, 0.15) is 17.8 Å². The van der Waals surface area contributed by atoms with Gasteiger partial charge in [-0.3, -0.25) is 0 Å². The van der Waals surface area contributed by atoms with Gasteiger partial charge in [-0.05, 0) is 59.9 Å². The van der Waals surface area contributed by atoms with Gasteiger partial charge in [0.25, 0.3) is 0 Å². The van der Waals surface area contributed by atoms with Crippen LogP contribution in [0.25, 0.3) is 0 Å². The van der Waals surface area contributed by atoms with Crippen LogP contribution in [0.2, 0.25) is 0 Å². The number of hydrogen-bond donors (Lipinski definition) is 1. The van der Waals surface area contributed by atoms with E-state index in [1.807, 2.05) is 0 Å². The number of piperidine rings is 1. The van der Waals surface area contributed by atoms with E-state index in [1.165, 1.54) is 6.07 Å². The summed E-state index contributed by atoms with van der Waals surface area (Å²) in [6.07, 6.45) is 0.0592. The first-order valence-corrected chi connectivity index (χ1v) is 6.86. The predicted molar refractivity (Wildman–Crippen MR) is 68.3 cm³/mol. The summed E-state index contributed by atoms with van der Waals surface area (Å²) in [6.45, 7) is 1.54. The normalized spacial score (nSPS) is 18.9. The van der Waals surface area contributed by atoms with Crippen LogP contribution in [-0.2, 0) is 6.42 Å². The number of alkyl halides is 1. The van der Waals surface area contributed by atoms with Crippen molar-refractivity contribution in [3.05, 3.63) is 33.8 Å². The highest BCUT2D eigenvalue weighted by Gasteiger charge is 2.26. The molecule has 1 nitrogen and oxygen atoms in total. The molecule has 0 spiro atoms. The van der Waals surface area contributed by atoms with E-state index in [0.29, 0.717) is 0 Å². The van der Waals surface area contributed by atoms with Crippen molar-refractivity contribution in [1.29, 1.82) is 0 Å². The zero-order valence-electron chi connectivity index (χ0n) is 9.86. The second kappa shape index (κ2) is 6.06. The van der Waals surface area contributed by atoms with E-state index >= 15 is 0 Å². The Hall–Kier alpha value is -0.550. The van der Waals surface area contributed by atoms with Gasteiger partial charge in [-0.25, -0.2) is 13.2 Å². The van der Waals surface area contributed by atoms with Gasteiger partial charge < -0.3 is 5.32 Å². The van der Waals surface area contributed by atoms with Crippen molar-refractivity contribution in [3.8, 4) is 0 Å². The zero-order valence-corrected chi connectivity index (χ0v) is 11.4. The number of hydrogen-bond acceptors (Lipinski definition) is 1. The molecule has 1 N–H and O–H groups in total. The summed E-state index contributed by atoms with van der Waals surface area (Å²) in [5.74, 6) is -1.47. The minimum Gasteiger partial charge on any atom is -0.317 e. The first kappa shape index (κ1) is 13.9. The van der Waals surface area contributed by atoms with Crippen LogP contribution in [0.1, 0.15) is 18.4 Å². The Bertz CT molecular complexity index is 419. The molecule has 0 bridgehead atoms. The van der Waals surface area contributed by atoms with Crippen molar-refractivity contribution in [1.82, 2.24) is 5.32 Å². The molecule has 18 heavy (non-hydrogen) atoms. The lowest BCUT2D eigenvalue weighted by Crippen LogP contribution is -2.33. The smallest absolute Gasteiger partial charge is 0.143 e. The lowest BCUT2D eigenvalue weighted by Gasteiger charge is -2.26. The predicted octanol–water partition coefficient (Wildman–Crippen LogP) is 3.61. The summed E-state index contributed by atoms with van der Waals surface area (Å²) in [5, 5.41) is 3.14. The third-order valence-corrected chi connectivity index (χ3v) is 4.05. The molecule has 0 aromatic heterocycles. The largest absolute Gasteiger partial charge is 0.317 e. The molecule has 0 saturated carbocycles. The Morgan fingerprint density at radius 3 is 2.61 bits per heavy atom. The van der Waals surface area contributed by atoms with Gasteiger partial charge in [-0.15, -0.1) is 0 Å². The van der Waals surface area contributed by atoms with E-state index in [0.717, 1.165) is 32.0 Å². The van der Waals surface area contributed by atoms with Crippen molar-refractivity contribution in [2.75, 3.05) is 13.1 Å². The monoisotopic (exact) mass is 321 g/mol. The van der Waals surface area contributed by atoms with Crippen molar-refractivity contribution < 1.29 is 13.2 Å². The van der Waals surface area contributed by atoms with Crippen LogP contribution in [0, 0.1) is 17.6 Å². The van der Waals surface area contributed by atoms with Crippen LogP contribution in [0.15, 0.2) is 16.6 Å². The van der Waals surface area contributed by atoms with E-state index in [4.69, 9.17) is 0 Å². The average molecular weight is 322 g/mol. The van der Waals surface area contributed by atoms with Gasteiger partial charge in [0, 0.05) is 12.0 Å². The number of benzene rings is 1. The van der Waals surface area contributed by atoms with Crippen molar-refractivity contribution >= 4 is 15.9 Å². The Morgan fingerprint density at radius 2 is 1.94 bits per heavy atom. The van der Waals surface area contributed by atoms with Crippen molar-refractivity contribution in [2.45, 2.75) is 25.4 Å². The zero-order chi connectivity index (χ0) is 13.1. The molecule has 1 aliphatic rings. The molecule has 1 atom stereocenters. The minimum absolute atomic E-state index is 0.107. The lowest BCUT2D eigenvalue weighted by atomic mass is 9.89. The summed E-state index contributed by atoms with van der Waals surface area (Å²) < 4.78 is 41.5. The van der Waals surface area contributed by atoms with Crippen LogP contribution in [0.3, 0.4) is 0 Å². The topological polar surface area (TPSA) is 12.0 Å². The molecule has 0 amide bonds. The maximum atomic E-state index is 14.1. The van der Waals surface area contributed by atoms with E-state index < -0.39 is 17.8 Å². The highest BCUT2D eigenvalue weighted by molar-refractivity contribution is 9.10. The SMILES string of the molecule is Fc1ccc(Br)c(F)c1CC(F)C1CCNCC1. The van der Waals surface area contributed by atoms with Crippen LogP contribution >= 0.6 is 15.9 Å². The summed E-state index contributed by atoms with van der Waals surface area (Å²) in [6, 6.07) is 2.46. The minimum atomic E-state index is -1.19. The van der Waals surface area contributed by atoms with Gasteiger partial charge in [-0.1, -0.05) is 0 Å². The first-order valence-electron chi connectivity index (χ1n) is 6.06. The molecule has 0 aliphatic carbocycles. The number of nitrogens with one attached hydrogen (secondary N) is 1. The molecular weight excluding hydrogens is 307 g/mol. The Labute approximate surface area is 113 Å². The van der Waals surface area contributed by atoms with Gasteiger partial charge >= 0.3 is 0 Å². The molecule has 1 heterocycles. The van der Waals surface area contributed by atoms with Crippen LogP contribution in [0.5, 0.6) is 0 Å². The van der Waals surface area contributed by atoms with Gasteiger partial charge in [0.15, 0.2) is 0 Å². The maximum Gasteiger partial charge on any atom is 0.143 e. The molecule has 1 aromatic carbocycles. The van der Waals surface area contributed by atoms with Gasteiger partial charge in [0.05, 0.1) is 4.47 Å². The Balaban J connectivity index is 2.10. The standard InChI is InChI=1S/C13H15BrF3N/c14-10-1-2-11(15)9(13(10)17)7-12(16)8-3-5-18-6-4-8/h1-2,8,12,18H,3-7H2. The summed E-state index contributed by atoms with van der Waals surface area (Å²) in [7, 11) is 0. The Morgan fingerprint density at radius 1 is 1.28 bits per heavy atom. The first-order chi connectivity index (χ1) is 8.59. The summed E-state index contributed by atoms with van der Waals surface area (Å²) in [4.78, 5) is 0. The fourth-order valence-corrected chi connectivity index (χ4v) is 2.70. The van der Waals surface area contributed by atoms with Gasteiger partial charge in [-0.2, -0.15) is 0 Å². The quantitative estimate of drug-likeness (QED) is 0.839. The molecule has 1 fully saturated rings. The number of halogens is 4. The third-order valence-electron chi connectivity index (χ3n) is 3.43. The molecule has 100 valence electrons. The molecular formula is C13H15BrF3N. The average Bonchev–Trinajstić information content (AvgIpc) is 2.40. The highest BCUT2D eigenvalue weighted by atomic mass is 79.9. The molecule has 2 rings (SSSR count). The summed E-state index contributed by atoms with van der Waals surface area (Å²) in [5.41, 5.74) is -0.157. The molecule has 1 saturated heterocycles. The van der Waals surface area contributed by atoms with Crippen LogP contribution in [-0.4, -0.2) is 19.3 Å². The second-order valence-corrected chi connectivity index (χ2v) is 5.48. The molecule has 1 aromatic rings. The summed E-state index contributed by atoms with van der Waals surface area (Å²) >= 11 is 2.99. The molecule has 5 heteroatoms.